The molecule has 6 heteroatoms. The summed E-state index contributed by atoms with van der Waals surface area (Å²) < 4.78 is 15.5. The predicted molar refractivity (Wildman–Crippen MR) is 63.5 cm³/mol. The molecular formula is C12H16O6. The summed E-state index contributed by atoms with van der Waals surface area (Å²) in [6.45, 7) is -0.513. The number of ether oxygens (including phenoxy) is 3. The Kier molecular flexibility index (Phi) is 5.41. The number of carbonyl (C=O) groups is 1. The zero-order chi connectivity index (χ0) is 13.5. The van der Waals surface area contributed by atoms with Crippen LogP contribution >= 0.6 is 0 Å². The number of benzene rings is 1. The van der Waals surface area contributed by atoms with Gasteiger partial charge in [-0.15, -0.1) is 0 Å². The minimum atomic E-state index is -0.995. The minimum Gasteiger partial charge on any atom is -0.493 e. The molecule has 0 aliphatic rings. The summed E-state index contributed by atoms with van der Waals surface area (Å²) in [5.74, 6) is 0.918. The van der Waals surface area contributed by atoms with Gasteiger partial charge in [0.2, 0.25) is 5.75 Å². The van der Waals surface area contributed by atoms with E-state index < -0.39 is 12.7 Å². The summed E-state index contributed by atoms with van der Waals surface area (Å²) >= 11 is 0. The molecule has 1 atom stereocenters. The van der Waals surface area contributed by atoms with Gasteiger partial charge in [-0.3, -0.25) is 4.79 Å². The van der Waals surface area contributed by atoms with Crippen molar-refractivity contribution in [2.75, 3.05) is 27.4 Å². The zero-order valence-corrected chi connectivity index (χ0v) is 10.3. The first kappa shape index (κ1) is 14.3. The van der Waals surface area contributed by atoms with Crippen molar-refractivity contribution in [3.05, 3.63) is 17.7 Å². The number of methoxy groups -OCH3 is 2. The lowest BCUT2D eigenvalue weighted by molar-refractivity contribution is 0.0518. The third kappa shape index (κ3) is 3.35. The summed E-state index contributed by atoms with van der Waals surface area (Å²) in [6, 6.07) is 2.99. The zero-order valence-electron chi connectivity index (χ0n) is 10.3. The number of rotatable bonds is 7. The van der Waals surface area contributed by atoms with Crippen LogP contribution < -0.4 is 14.2 Å². The van der Waals surface area contributed by atoms with E-state index in [4.69, 9.17) is 19.3 Å². The fourth-order valence-corrected chi connectivity index (χ4v) is 1.34. The molecular weight excluding hydrogens is 240 g/mol. The van der Waals surface area contributed by atoms with Gasteiger partial charge in [-0.2, -0.15) is 0 Å². The molecule has 0 aliphatic carbocycles. The molecule has 0 spiro atoms. The van der Waals surface area contributed by atoms with Gasteiger partial charge in [-0.25, -0.2) is 0 Å². The van der Waals surface area contributed by atoms with E-state index in [1.54, 1.807) is 0 Å². The predicted octanol–water partition coefficient (Wildman–Crippen LogP) is 0.248. The van der Waals surface area contributed by atoms with Gasteiger partial charge in [-0.1, -0.05) is 0 Å². The molecule has 6 nitrogen and oxygen atoms in total. The summed E-state index contributed by atoms with van der Waals surface area (Å²) in [5, 5.41) is 17.9. The van der Waals surface area contributed by atoms with Gasteiger partial charge in [0.05, 0.1) is 20.8 Å². The Morgan fingerprint density at radius 1 is 1.28 bits per heavy atom. The number of aliphatic hydroxyl groups is 2. The lowest BCUT2D eigenvalue weighted by atomic mass is 10.2. The topological polar surface area (TPSA) is 85.2 Å². The Morgan fingerprint density at radius 3 is 2.22 bits per heavy atom. The first-order chi connectivity index (χ1) is 8.65. The standard InChI is InChI=1S/C12H16O6/c1-16-10-3-8(5-13)4-11(17-2)12(10)18-7-9(15)6-14/h3-5,9,14-15H,6-7H2,1-2H3. The molecule has 0 fully saturated rings. The second-order valence-electron chi connectivity index (χ2n) is 3.52. The molecule has 0 saturated heterocycles. The number of aliphatic hydroxyl groups excluding tert-OH is 2. The first-order valence-corrected chi connectivity index (χ1v) is 5.29. The first-order valence-electron chi connectivity index (χ1n) is 5.29. The van der Waals surface area contributed by atoms with Crippen molar-refractivity contribution in [3.63, 3.8) is 0 Å². The SMILES string of the molecule is COc1cc(C=O)cc(OC)c1OCC(O)CO. The van der Waals surface area contributed by atoms with Crippen LogP contribution in [-0.4, -0.2) is 50.0 Å². The molecule has 1 aromatic carbocycles. The maximum Gasteiger partial charge on any atom is 0.203 e. The smallest absolute Gasteiger partial charge is 0.203 e. The molecule has 0 saturated carbocycles. The van der Waals surface area contributed by atoms with Crippen molar-refractivity contribution < 1.29 is 29.2 Å². The molecule has 100 valence electrons. The summed E-state index contributed by atoms with van der Waals surface area (Å²) in [6.07, 6.45) is -0.331. The molecule has 0 bridgehead atoms. The lowest BCUT2D eigenvalue weighted by Gasteiger charge is -2.16. The fourth-order valence-electron chi connectivity index (χ4n) is 1.34. The third-order valence-electron chi connectivity index (χ3n) is 2.25. The molecule has 1 unspecified atom stereocenters. The van der Waals surface area contributed by atoms with Crippen molar-refractivity contribution in [3.8, 4) is 17.2 Å². The maximum absolute atomic E-state index is 10.7. The minimum absolute atomic E-state index is 0.107. The van der Waals surface area contributed by atoms with Gasteiger partial charge in [0, 0.05) is 5.56 Å². The van der Waals surface area contributed by atoms with Crippen LogP contribution in [0.2, 0.25) is 0 Å². The fraction of sp³-hybridized carbons (Fsp3) is 0.417. The van der Waals surface area contributed by atoms with E-state index in [9.17, 15) is 9.90 Å². The van der Waals surface area contributed by atoms with Crippen LogP contribution in [0.4, 0.5) is 0 Å². The highest BCUT2D eigenvalue weighted by molar-refractivity contribution is 5.78. The highest BCUT2D eigenvalue weighted by atomic mass is 16.5. The van der Waals surface area contributed by atoms with E-state index in [-0.39, 0.29) is 12.4 Å². The lowest BCUT2D eigenvalue weighted by Crippen LogP contribution is -2.21. The Hall–Kier alpha value is -1.79. The Balaban J connectivity index is 3.03. The molecule has 0 amide bonds. The van der Waals surface area contributed by atoms with Gasteiger partial charge in [0.25, 0.3) is 0 Å². The monoisotopic (exact) mass is 256 g/mol. The van der Waals surface area contributed by atoms with Crippen molar-refractivity contribution in [2.24, 2.45) is 0 Å². The van der Waals surface area contributed by atoms with E-state index >= 15 is 0 Å². The van der Waals surface area contributed by atoms with Crippen molar-refractivity contribution in [2.45, 2.75) is 6.10 Å². The Bertz CT molecular complexity index is 379. The van der Waals surface area contributed by atoms with E-state index in [1.807, 2.05) is 0 Å². The Labute approximate surface area is 105 Å². The van der Waals surface area contributed by atoms with E-state index in [0.717, 1.165) is 0 Å². The van der Waals surface area contributed by atoms with Crippen LogP contribution in [0.5, 0.6) is 17.2 Å². The summed E-state index contributed by atoms with van der Waals surface area (Å²) in [7, 11) is 2.86. The van der Waals surface area contributed by atoms with Gasteiger partial charge in [0.15, 0.2) is 11.5 Å². The van der Waals surface area contributed by atoms with Crippen molar-refractivity contribution in [1.29, 1.82) is 0 Å². The molecule has 1 aromatic rings. The van der Waals surface area contributed by atoms with Crippen LogP contribution in [0, 0.1) is 0 Å². The van der Waals surface area contributed by atoms with Crippen LogP contribution in [0.25, 0.3) is 0 Å². The largest absolute Gasteiger partial charge is 0.493 e. The van der Waals surface area contributed by atoms with Crippen LogP contribution in [0.3, 0.4) is 0 Å². The van der Waals surface area contributed by atoms with Crippen LogP contribution in [-0.2, 0) is 0 Å². The quantitative estimate of drug-likeness (QED) is 0.680. The maximum atomic E-state index is 10.7. The molecule has 0 aromatic heterocycles. The normalized spacial score (nSPS) is 11.8. The summed E-state index contributed by atoms with van der Waals surface area (Å²) in [5.41, 5.74) is 0.388. The number of hydrogen-bond acceptors (Lipinski definition) is 6. The molecule has 18 heavy (non-hydrogen) atoms. The average Bonchev–Trinajstić information content (AvgIpc) is 2.43. The van der Waals surface area contributed by atoms with Crippen molar-refractivity contribution >= 4 is 6.29 Å². The van der Waals surface area contributed by atoms with E-state index in [0.29, 0.717) is 23.3 Å². The average molecular weight is 256 g/mol. The highest BCUT2D eigenvalue weighted by Gasteiger charge is 2.15. The highest BCUT2D eigenvalue weighted by Crippen LogP contribution is 2.38. The van der Waals surface area contributed by atoms with Gasteiger partial charge < -0.3 is 24.4 Å². The molecule has 0 radical (unpaired) electrons. The molecule has 0 heterocycles. The van der Waals surface area contributed by atoms with E-state index in [1.165, 1.54) is 26.4 Å². The number of hydrogen-bond donors (Lipinski definition) is 2. The second-order valence-corrected chi connectivity index (χ2v) is 3.52. The summed E-state index contributed by atoms with van der Waals surface area (Å²) in [4.78, 5) is 10.7. The van der Waals surface area contributed by atoms with Gasteiger partial charge in [-0.05, 0) is 12.1 Å². The van der Waals surface area contributed by atoms with Crippen LogP contribution in [0.15, 0.2) is 12.1 Å². The molecule has 2 N–H and O–H groups in total. The van der Waals surface area contributed by atoms with E-state index in [2.05, 4.69) is 0 Å². The number of aldehydes is 1. The van der Waals surface area contributed by atoms with Gasteiger partial charge >= 0.3 is 0 Å². The second kappa shape index (κ2) is 6.83. The third-order valence-corrected chi connectivity index (χ3v) is 2.25. The van der Waals surface area contributed by atoms with Crippen molar-refractivity contribution in [1.82, 2.24) is 0 Å². The Morgan fingerprint density at radius 2 is 1.83 bits per heavy atom. The van der Waals surface area contributed by atoms with Gasteiger partial charge in [0.1, 0.15) is 19.0 Å². The molecule has 1 rings (SSSR count). The van der Waals surface area contributed by atoms with Crippen LogP contribution in [0.1, 0.15) is 10.4 Å². The number of carbonyl (C=O) groups excluding carboxylic acids is 1. The molecule has 0 aliphatic heterocycles.